The second-order valence-corrected chi connectivity index (χ2v) is 8.58. The molecule has 2 aromatic carbocycles. The van der Waals surface area contributed by atoms with Crippen LogP contribution in [0.25, 0.3) is 0 Å². The van der Waals surface area contributed by atoms with E-state index in [4.69, 9.17) is 0 Å². The number of hydrazone groups is 1. The molecule has 0 fully saturated rings. The first-order chi connectivity index (χ1) is 12.4. The molecule has 4 rings (SSSR count). The molecule has 0 radical (unpaired) electrons. The fourth-order valence-electron chi connectivity index (χ4n) is 3.14. The largest absolute Gasteiger partial charge is 0.273 e. The fraction of sp³-hybridized carbons (Fsp3) is 0.263. The van der Waals surface area contributed by atoms with E-state index in [2.05, 4.69) is 5.10 Å². The van der Waals surface area contributed by atoms with Crippen LogP contribution in [0.3, 0.4) is 0 Å². The smallest absolute Gasteiger partial charge is 0.240 e. The Morgan fingerprint density at radius 1 is 1.27 bits per heavy atom. The molecule has 0 aliphatic carbocycles. The van der Waals surface area contributed by atoms with E-state index in [1.165, 1.54) is 41.9 Å². The highest BCUT2D eigenvalue weighted by Gasteiger charge is 2.43. The van der Waals surface area contributed by atoms with Gasteiger partial charge in [-0.25, -0.2) is 13.8 Å². The summed E-state index contributed by atoms with van der Waals surface area (Å²) in [6.07, 6.45) is 0. The van der Waals surface area contributed by atoms with Crippen molar-refractivity contribution < 1.29 is 13.6 Å². The Morgan fingerprint density at radius 3 is 2.81 bits per heavy atom. The number of fused-ring (bicyclic) bond motifs is 3. The van der Waals surface area contributed by atoms with Crippen LogP contribution < -0.4 is 0 Å². The zero-order valence-electron chi connectivity index (χ0n) is 14.2. The first kappa shape index (κ1) is 17.5. The van der Waals surface area contributed by atoms with Crippen LogP contribution in [0.2, 0.25) is 0 Å². The molecule has 0 saturated heterocycles. The molecule has 26 heavy (non-hydrogen) atoms. The number of carbonyl (C=O) groups is 1. The van der Waals surface area contributed by atoms with Crippen molar-refractivity contribution in [1.82, 2.24) is 5.01 Å². The van der Waals surface area contributed by atoms with E-state index in [-0.39, 0.29) is 28.8 Å². The third kappa shape index (κ3) is 3.03. The lowest BCUT2D eigenvalue weighted by atomic mass is 9.98. The molecule has 0 saturated carbocycles. The first-order valence-electron chi connectivity index (χ1n) is 8.18. The molecule has 1 amide bonds. The van der Waals surface area contributed by atoms with Gasteiger partial charge in [0.25, 0.3) is 0 Å². The van der Waals surface area contributed by atoms with Crippen LogP contribution in [0, 0.1) is 24.5 Å². The number of hydrogen-bond acceptors (Lipinski definition) is 4. The van der Waals surface area contributed by atoms with E-state index in [1.807, 2.05) is 6.07 Å². The van der Waals surface area contributed by atoms with Gasteiger partial charge in [-0.2, -0.15) is 5.10 Å². The standard InChI is InChI=1S/C19H16F2N2OS2/c1-10-3-5-13(8-16(10)21)26-19-15-9-25-17-6-4-12(20)7-14(17)18(15)22-23(19)11(2)24/h3-8,15,19H,9H2,1-2H3/t15-,19+/m1/s1. The van der Waals surface area contributed by atoms with Gasteiger partial charge in [0.05, 0.1) is 5.71 Å². The third-order valence-electron chi connectivity index (χ3n) is 4.51. The van der Waals surface area contributed by atoms with Crippen molar-refractivity contribution in [2.24, 2.45) is 11.0 Å². The molecule has 0 aromatic heterocycles. The Bertz CT molecular complexity index is 932. The molecule has 3 nitrogen and oxygen atoms in total. The number of rotatable bonds is 2. The fourth-order valence-corrected chi connectivity index (χ4v) is 5.73. The van der Waals surface area contributed by atoms with E-state index >= 15 is 0 Å². The van der Waals surface area contributed by atoms with Crippen LogP contribution in [0.5, 0.6) is 0 Å². The van der Waals surface area contributed by atoms with Gasteiger partial charge in [0.2, 0.25) is 5.91 Å². The van der Waals surface area contributed by atoms with Gasteiger partial charge < -0.3 is 0 Å². The SMILES string of the molecule is CC(=O)N1N=C2c3cc(F)ccc3SC[C@H]2[C@@H]1Sc1ccc(C)c(F)c1. The van der Waals surface area contributed by atoms with Gasteiger partial charge >= 0.3 is 0 Å². The maximum atomic E-state index is 13.9. The minimum Gasteiger partial charge on any atom is -0.273 e. The molecule has 0 bridgehead atoms. The Balaban J connectivity index is 1.70. The molecular weight excluding hydrogens is 374 g/mol. The normalized spacial score (nSPS) is 21.2. The molecule has 2 aromatic rings. The van der Waals surface area contributed by atoms with Gasteiger partial charge in [-0.3, -0.25) is 4.79 Å². The third-order valence-corrected chi connectivity index (χ3v) is 7.00. The van der Waals surface area contributed by atoms with Crippen molar-refractivity contribution in [3.05, 3.63) is 59.2 Å². The summed E-state index contributed by atoms with van der Waals surface area (Å²) < 4.78 is 27.7. The Hall–Kier alpha value is -1.86. The molecule has 0 spiro atoms. The van der Waals surface area contributed by atoms with Gasteiger partial charge in [-0.15, -0.1) is 11.8 Å². The maximum absolute atomic E-state index is 13.9. The molecule has 134 valence electrons. The Morgan fingerprint density at radius 2 is 2.08 bits per heavy atom. The number of halogens is 2. The van der Waals surface area contributed by atoms with E-state index in [0.29, 0.717) is 5.56 Å². The zero-order valence-corrected chi connectivity index (χ0v) is 15.8. The quantitative estimate of drug-likeness (QED) is 0.746. The lowest BCUT2D eigenvalue weighted by Crippen LogP contribution is -2.35. The number of thioether (sulfide) groups is 2. The minimum absolute atomic E-state index is 0.0347. The molecule has 0 N–H and O–H groups in total. The second kappa shape index (κ2) is 6.70. The number of benzene rings is 2. The number of nitrogens with zero attached hydrogens (tertiary/aromatic N) is 2. The van der Waals surface area contributed by atoms with E-state index in [1.54, 1.807) is 30.8 Å². The summed E-state index contributed by atoms with van der Waals surface area (Å²) in [7, 11) is 0. The average Bonchev–Trinajstić information content (AvgIpc) is 2.97. The molecule has 2 aliphatic rings. The van der Waals surface area contributed by atoms with Crippen LogP contribution in [0.1, 0.15) is 18.1 Å². The summed E-state index contributed by atoms with van der Waals surface area (Å²) in [5.41, 5.74) is 2.06. The highest BCUT2D eigenvalue weighted by Crippen LogP contribution is 2.44. The summed E-state index contributed by atoms with van der Waals surface area (Å²) in [5.74, 6) is -0.0620. The lowest BCUT2D eigenvalue weighted by Gasteiger charge is -2.28. The number of amides is 1. The van der Waals surface area contributed by atoms with Crippen molar-refractivity contribution >= 4 is 35.1 Å². The summed E-state index contributed by atoms with van der Waals surface area (Å²) in [5, 5.41) is 5.69. The predicted octanol–water partition coefficient (Wildman–Crippen LogP) is 4.68. The zero-order chi connectivity index (χ0) is 18.4. The van der Waals surface area contributed by atoms with E-state index in [9.17, 15) is 13.6 Å². The van der Waals surface area contributed by atoms with Gasteiger partial charge in [-0.1, -0.05) is 17.8 Å². The topological polar surface area (TPSA) is 32.7 Å². The first-order valence-corrected chi connectivity index (χ1v) is 10.0. The number of aryl methyl sites for hydroxylation is 1. The minimum atomic E-state index is -0.321. The van der Waals surface area contributed by atoms with Crippen molar-refractivity contribution in [2.75, 3.05) is 5.75 Å². The van der Waals surface area contributed by atoms with Crippen LogP contribution in [-0.2, 0) is 4.79 Å². The molecular formula is C19H16F2N2OS2. The molecule has 2 aliphatic heterocycles. The Labute approximate surface area is 158 Å². The Kier molecular flexibility index (Phi) is 4.52. The van der Waals surface area contributed by atoms with Crippen molar-refractivity contribution in [1.29, 1.82) is 0 Å². The predicted molar refractivity (Wildman–Crippen MR) is 100 cm³/mol. The molecule has 0 unspecified atom stereocenters. The van der Waals surface area contributed by atoms with Gasteiger partial charge in [0.1, 0.15) is 17.0 Å². The molecule has 2 heterocycles. The number of hydrogen-bond donors (Lipinski definition) is 0. The monoisotopic (exact) mass is 390 g/mol. The van der Waals surface area contributed by atoms with Crippen LogP contribution in [-0.4, -0.2) is 27.8 Å². The lowest BCUT2D eigenvalue weighted by molar-refractivity contribution is -0.129. The summed E-state index contributed by atoms with van der Waals surface area (Å²) in [6.45, 7) is 3.18. The average molecular weight is 390 g/mol. The van der Waals surface area contributed by atoms with E-state index < -0.39 is 0 Å². The van der Waals surface area contributed by atoms with Gasteiger partial charge in [-0.05, 0) is 42.8 Å². The van der Waals surface area contributed by atoms with Crippen molar-refractivity contribution in [3.63, 3.8) is 0 Å². The van der Waals surface area contributed by atoms with Crippen molar-refractivity contribution in [3.8, 4) is 0 Å². The highest BCUT2D eigenvalue weighted by atomic mass is 32.2. The highest BCUT2D eigenvalue weighted by molar-refractivity contribution is 8.00. The summed E-state index contributed by atoms with van der Waals surface area (Å²) in [6, 6.07) is 9.73. The summed E-state index contributed by atoms with van der Waals surface area (Å²) >= 11 is 3.05. The van der Waals surface area contributed by atoms with Gasteiger partial charge in [0, 0.05) is 33.9 Å². The van der Waals surface area contributed by atoms with Crippen LogP contribution >= 0.6 is 23.5 Å². The van der Waals surface area contributed by atoms with Crippen LogP contribution in [0.4, 0.5) is 8.78 Å². The van der Waals surface area contributed by atoms with Gasteiger partial charge in [0.15, 0.2) is 0 Å². The van der Waals surface area contributed by atoms with Crippen LogP contribution in [0.15, 0.2) is 51.3 Å². The van der Waals surface area contributed by atoms with Crippen molar-refractivity contribution in [2.45, 2.75) is 29.0 Å². The maximum Gasteiger partial charge on any atom is 0.240 e. The second-order valence-electron chi connectivity index (χ2n) is 6.33. The summed E-state index contributed by atoms with van der Waals surface area (Å²) in [4.78, 5) is 13.9. The number of carbonyl (C=O) groups excluding carboxylic acids is 1. The van der Waals surface area contributed by atoms with E-state index in [0.717, 1.165) is 26.8 Å². The molecule has 2 atom stereocenters. The molecule has 7 heteroatoms.